The summed E-state index contributed by atoms with van der Waals surface area (Å²) in [4.78, 5) is 23.3. The van der Waals surface area contributed by atoms with Crippen LogP contribution in [0.3, 0.4) is 0 Å². The second-order valence-corrected chi connectivity index (χ2v) is 12.7. The molecule has 0 saturated heterocycles. The van der Waals surface area contributed by atoms with Gasteiger partial charge in [-0.1, -0.05) is 47.0 Å². The Morgan fingerprint density at radius 3 is 2.06 bits per heavy atom. The molecule has 0 spiro atoms. The van der Waals surface area contributed by atoms with Gasteiger partial charge in [-0.05, 0) is 29.8 Å². The summed E-state index contributed by atoms with van der Waals surface area (Å²) in [5.41, 5.74) is -3.57. The molecule has 2 unspecified atom stereocenters. The topological polar surface area (TPSA) is 46.1 Å². The molecular weight excluding hydrogens is 335 g/mol. The molecule has 0 aromatic rings. The van der Waals surface area contributed by atoms with Gasteiger partial charge in [0.25, 0.3) is 0 Å². The van der Waals surface area contributed by atoms with Gasteiger partial charge in [0.15, 0.2) is 0 Å². The van der Waals surface area contributed by atoms with Crippen molar-refractivity contribution in [2.24, 2.45) is 11.8 Å². The normalized spacial score (nSPS) is 15.3. The van der Waals surface area contributed by atoms with E-state index in [2.05, 4.69) is 27.7 Å². The van der Waals surface area contributed by atoms with E-state index >= 15 is 0 Å². The van der Waals surface area contributed by atoms with Crippen LogP contribution < -0.4 is 9.79 Å². The van der Waals surface area contributed by atoms with E-state index in [1.807, 2.05) is 0 Å². The predicted octanol–water partition coefficient (Wildman–Crippen LogP) is 2.42. The SMILES string of the molecule is CCCCC(CC)CS(CC(C)C)=P([O-])([O-])[S-].[Cu+2]. The van der Waals surface area contributed by atoms with Crippen LogP contribution in [0.5, 0.6) is 0 Å². The summed E-state index contributed by atoms with van der Waals surface area (Å²) in [6, 6.07) is 0. The standard InChI is InChI=1S/C12H26O2PS2.Cu/c1-5-7-8-12(6-2)10-17(9-11(3)4)15(13,14)16;/h11-12H,5-10H2,1-4H3;/q-3;+2. The first-order valence-corrected chi connectivity index (χ1v) is 11.3. The Kier molecular flexibility index (Phi) is 13.7. The minimum atomic E-state index is -3.57. The van der Waals surface area contributed by atoms with Crippen molar-refractivity contribution in [2.45, 2.75) is 53.4 Å². The van der Waals surface area contributed by atoms with Crippen LogP contribution >= 0.6 is 5.69 Å². The zero-order chi connectivity index (χ0) is 13.5. The maximum Gasteiger partial charge on any atom is 2.00 e. The van der Waals surface area contributed by atoms with Gasteiger partial charge >= 0.3 is 17.1 Å². The Balaban J connectivity index is 0. The number of hydrogen-bond acceptors (Lipinski definition) is 3. The van der Waals surface area contributed by atoms with E-state index in [9.17, 15) is 9.79 Å². The molecule has 0 N–H and O–H groups in total. The van der Waals surface area contributed by atoms with Crippen molar-refractivity contribution in [3.8, 4) is 0 Å². The molecule has 0 aliphatic heterocycles. The number of unbranched alkanes of at least 4 members (excludes halogenated alkanes) is 1. The van der Waals surface area contributed by atoms with Crippen molar-refractivity contribution >= 4 is 28.0 Å². The smallest absolute Gasteiger partial charge is 0.854 e. The van der Waals surface area contributed by atoms with Crippen molar-refractivity contribution < 1.29 is 26.9 Å². The molecule has 115 valence electrons. The monoisotopic (exact) mass is 360 g/mol. The van der Waals surface area contributed by atoms with Crippen molar-refractivity contribution in [3.63, 3.8) is 0 Å². The average molecular weight is 361 g/mol. The zero-order valence-electron chi connectivity index (χ0n) is 11.8. The van der Waals surface area contributed by atoms with Gasteiger partial charge in [0.05, 0.1) is 0 Å². The minimum absolute atomic E-state index is 0. The Morgan fingerprint density at radius 1 is 1.17 bits per heavy atom. The van der Waals surface area contributed by atoms with Gasteiger partial charge in [-0.3, -0.25) is 0 Å². The summed E-state index contributed by atoms with van der Waals surface area (Å²) >= 11 is 4.72. The maximum atomic E-state index is 11.6. The van der Waals surface area contributed by atoms with Crippen LogP contribution in [0.1, 0.15) is 53.4 Å². The molecule has 0 aliphatic carbocycles. The fourth-order valence-electron chi connectivity index (χ4n) is 1.81. The molecule has 0 rings (SSSR count). The summed E-state index contributed by atoms with van der Waals surface area (Å²) in [7, 11) is -0.591. The third kappa shape index (κ3) is 10.4. The van der Waals surface area contributed by atoms with Gasteiger partial charge in [0, 0.05) is 0 Å². The molecule has 6 heteroatoms. The van der Waals surface area contributed by atoms with Crippen LogP contribution in [-0.4, -0.2) is 11.5 Å². The maximum absolute atomic E-state index is 11.6. The fourth-order valence-corrected chi connectivity index (χ4v) is 7.74. The average Bonchev–Trinajstić information content (AvgIpc) is 2.20. The molecular formula is C12H26CuO2PS2-. The first kappa shape index (κ1) is 21.9. The van der Waals surface area contributed by atoms with E-state index in [4.69, 9.17) is 12.2 Å². The summed E-state index contributed by atoms with van der Waals surface area (Å²) < 4.78 is 0. The van der Waals surface area contributed by atoms with Crippen LogP contribution in [-0.2, 0) is 39.4 Å². The zero-order valence-corrected chi connectivity index (χ0v) is 15.2. The Morgan fingerprint density at radius 2 is 1.72 bits per heavy atom. The Hall–Kier alpha value is 1.57. The molecule has 0 fully saturated rings. The van der Waals surface area contributed by atoms with Gasteiger partial charge in [0.1, 0.15) is 0 Å². The van der Waals surface area contributed by atoms with Gasteiger partial charge < -0.3 is 27.7 Å². The fraction of sp³-hybridized carbons (Fsp3) is 1.00. The second-order valence-electron chi connectivity index (χ2n) is 5.05. The third-order valence-electron chi connectivity index (χ3n) is 2.81. The predicted molar refractivity (Wildman–Crippen MR) is 79.5 cm³/mol. The van der Waals surface area contributed by atoms with E-state index in [0.29, 0.717) is 11.8 Å². The summed E-state index contributed by atoms with van der Waals surface area (Å²) in [5.74, 6) is 2.47. The van der Waals surface area contributed by atoms with Crippen molar-refractivity contribution in [3.05, 3.63) is 0 Å². The molecule has 0 bridgehead atoms. The van der Waals surface area contributed by atoms with E-state index in [0.717, 1.165) is 24.3 Å². The molecule has 0 saturated carbocycles. The largest absolute Gasteiger partial charge is 2.00 e. The molecule has 0 aromatic carbocycles. The molecule has 0 aromatic heterocycles. The van der Waals surface area contributed by atoms with Crippen molar-refractivity contribution in [1.29, 1.82) is 0 Å². The van der Waals surface area contributed by atoms with Crippen LogP contribution in [0.25, 0.3) is 0 Å². The van der Waals surface area contributed by atoms with Crippen LogP contribution in [0.15, 0.2) is 0 Å². The molecule has 0 aliphatic rings. The van der Waals surface area contributed by atoms with Gasteiger partial charge in [-0.15, -0.1) is 0 Å². The Labute approximate surface area is 131 Å². The van der Waals surface area contributed by atoms with Crippen molar-refractivity contribution in [1.82, 2.24) is 0 Å². The first-order chi connectivity index (χ1) is 7.81. The van der Waals surface area contributed by atoms with Crippen LogP contribution in [0.4, 0.5) is 0 Å². The van der Waals surface area contributed by atoms with Crippen LogP contribution in [0, 0.1) is 11.8 Å². The van der Waals surface area contributed by atoms with Gasteiger partial charge in [0.2, 0.25) is 0 Å². The molecule has 1 radical (unpaired) electrons. The molecule has 18 heavy (non-hydrogen) atoms. The number of hydrogen-bond donors (Lipinski definition) is 0. The van der Waals surface area contributed by atoms with E-state index in [1.54, 1.807) is 0 Å². The molecule has 2 atom stereocenters. The Bertz CT molecular complexity index is 259. The van der Waals surface area contributed by atoms with Crippen molar-refractivity contribution in [2.75, 3.05) is 11.5 Å². The third-order valence-corrected chi connectivity index (χ3v) is 10.0. The van der Waals surface area contributed by atoms with Crippen LogP contribution in [0.2, 0.25) is 0 Å². The van der Waals surface area contributed by atoms with E-state index in [1.165, 1.54) is 12.8 Å². The minimum Gasteiger partial charge on any atom is -0.854 e. The van der Waals surface area contributed by atoms with E-state index in [-0.39, 0.29) is 17.1 Å². The summed E-state index contributed by atoms with van der Waals surface area (Å²) in [6.45, 7) is 8.46. The molecule has 0 amide bonds. The molecule has 0 heterocycles. The quantitative estimate of drug-likeness (QED) is 0.379. The van der Waals surface area contributed by atoms with Gasteiger partial charge in [-0.25, -0.2) is 10.1 Å². The van der Waals surface area contributed by atoms with E-state index < -0.39 is 15.8 Å². The second kappa shape index (κ2) is 11.3. The summed E-state index contributed by atoms with van der Waals surface area (Å²) in [5, 5.41) is 0. The first-order valence-electron chi connectivity index (χ1n) is 6.51. The molecule has 2 nitrogen and oxygen atoms in total. The number of rotatable bonds is 8. The summed E-state index contributed by atoms with van der Waals surface area (Å²) in [6.07, 6.45) is 4.58. The van der Waals surface area contributed by atoms with Gasteiger partial charge in [-0.2, -0.15) is 0 Å².